The number of hydrogen-bond acceptors (Lipinski definition) is 3. The number of benzene rings is 1. The van der Waals surface area contributed by atoms with Crippen LogP contribution in [0.1, 0.15) is 18.4 Å². The van der Waals surface area contributed by atoms with E-state index in [1.165, 1.54) is 0 Å². The van der Waals surface area contributed by atoms with E-state index in [4.69, 9.17) is 16.3 Å². The number of halogens is 1. The number of aryl methyl sites for hydroxylation is 1. The lowest BCUT2D eigenvalue weighted by Gasteiger charge is -2.36. The summed E-state index contributed by atoms with van der Waals surface area (Å²) in [5.74, 6) is 0.681. The van der Waals surface area contributed by atoms with Crippen molar-refractivity contribution in [1.82, 2.24) is 9.80 Å². The second-order valence-electron chi connectivity index (χ2n) is 6.73. The molecule has 2 aliphatic rings. The van der Waals surface area contributed by atoms with Gasteiger partial charge in [-0.3, -0.25) is 4.90 Å². The van der Waals surface area contributed by atoms with Crippen molar-refractivity contribution in [3.05, 3.63) is 28.8 Å². The van der Waals surface area contributed by atoms with Crippen molar-refractivity contribution in [1.29, 1.82) is 0 Å². The number of likely N-dealkylation sites (tertiary alicyclic amines) is 1. The van der Waals surface area contributed by atoms with Gasteiger partial charge in [0.25, 0.3) is 0 Å². The van der Waals surface area contributed by atoms with Gasteiger partial charge in [0.05, 0.1) is 13.2 Å². The second-order valence-corrected chi connectivity index (χ2v) is 7.17. The Bertz CT molecular complexity index is 567. The predicted octanol–water partition coefficient (Wildman–Crippen LogP) is 3.22. The molecule has 2 heterocycles. The molecule has 1 aromatic rings. The van der Waals surface area contributed by atoms with Crippen LogP contribution in [0.15, 0.2) is 18.2 Å². The van der Waals surface area contributed by atoms with Crippen LogP contribution in [0.4, 0.5) is 10.5 Å². The summed E-state index contributed by atoms with van der Waals surface area (Å²) in [6, 6.07) is 5.54. The molecule has 0 bridgehead atoms. The van der Waals surface area contributed by atoms with E-state index in [1.807, 2.05) is 24.0 Å². The number of amides is 2. The second kappa shape index (κ2) is 8.19. The van der Waals surface area contributed by atoms with E-state index in [1.54, 1.807) is 6.07 Å². The van der Waals surface area contributed by atoms with Gasteiger partial charge < -0.3 is 15.0 Å². The highest BCUT2D eigenvalue weighted by Crippen LogP contribution is 2.23. The van der Waals surface area contributed by atoms with Crippen molar-refractivity contribution in [2.75, 3.05) is 51.3 Å². The van der Waals surface area contributed by atoms with Crippen LogP contribution in [0.3, 0.4) is 0 Å². The Morgan fingerprint density at radius 2 is 1.96 bits per heavy atom. The van der Waals surface area contributed by atoms with Crippen molar-refractivity contribution in [2.24, 2.45) is 5.92 Å². The number of hydrogen-bond donors (Lipinski definition) is 1. The highest BCUT2D eigenvalue weighted by molar-refractivity contribution is 6.31. The lowest BCUT2D eigenvalue weighted by molar-refractivity contribution is 0.0260. The first-order valence-electron chi connectivity index (χ1n) is 8.74. The van der Waals surface area contributed by atoms with Gasteiger partial charge in [-0.2, -0.15) is 0 Å². The highest BCUT2D eigenvalue weighted by atomic mass is 35.5. The molecule has 0 unspecified atom stereocenters. The first-order valence-corrected chi connectivity index (χ1v) is 9.12. The lowest BCUT2D eigenvalue weighted by Crippen LogP contribution is -2.45. The van der Waals surface area contributed by atoms with E-state index in [2.05, 4.69) is 10.2 Å². The molecule has 1 N–H and O–H groups in total. The van der Waals surface area contributed by atoms with Gasteiger partial charge in [0.2, 0.25) is 0 Å². The van der Waals surface area contributed by atoms with E-state index in [0.717, 1.165) is 70.0 Å². The van der Waals surface area contributed by atoms with Crippen LogP contribution in [-0.4, -0.2) is 61.8 Å². The van der Waals surface area contributed by atoms with Crippen molar-refractivity contribution in [2.45, 2.75) is 19.8 Å². The predicted molar refractivity (Wildman–Crippen MR) is 96.8 cm³/mol. The largest absolute Gasteiger partial charge is 0.379 e. The van der Waals surface area contributed by atoms with Crippen molar-refractivity contribution >= 4 is 23.3 Å². The van der Waals surface area contributed by atoms with Gasteiger partial charge >= 0.3 is 6.03 Å². The lowest BCUT2D eigenvalue weighted by atomic mass is 9.96. The molecule has 0 aromatic heterocycles. The molecule has 0 aliphatic carbocycles. The van der Waals surface area contributed by atoms with Crippen molar-refractivity contribution in [3.8, 4) is 0 Å². The number of rotatable bonds is 3. The van der Waals surface area contributed by atoms with Crippen LogP contribution in [0.5, 0.6) is 0 Å². The summed E-state index contributed by atoms with van der Waals surface area (Å²) in [5, 5.41) is 3.63. The standard InChI is InChI=1S/C18H26ClN3O2/c1-14-2-3-16(19)12-17(14)20-18(23)22-6-4-15(5-7-22)13-21-8-10-24-11-9-21/h2-3,12,15H,4-11,13H2,1H3,(H,20,23). The molecule has 3 rings (SSSR count). The fourth-order valence-corrected chi connectivity index (χ4v) is 3.56. The quantitative estimate of drug-likeness (QED) is 0.909. The Morgan fingerprint density at radius 1 is 1.25 bits per heavy atom. The highest BCUT2D eigenvalue weighted by Gasteiger charge is 2.25. The number of ether oxygens (including phenoxy) is 1. The monoisotopic (exact) mass is 351 g/mol. The molecular formula is C18H26ClN3O2. The maximum absolute atomic E-state index is 12.5. The summed E-state index contributed by atoms with van der Waals surface area (Å²) >= 11 is 6.02. The zero-order chi connectivity index (χ0) is 16.9. The van der Waals surface area contributed by atoms with Crippen LogP contribution in [0.2, 0.25) is 5.02 Å². The van der Waals surface area contributed by atoms with Crippen molar-refractivity contribution < 1.29 is 9.53 Å². The maximum Gasteiger partial charge on any atom is 0.321 e. The summed E-state index contributed by atoms with van der Waals surface area (Å²) in [4.78, 5) is 16.9. The molecular weight excluding hydrogens is 326 g/mol. The van der Waals surface area contributed by atoms with Crippen molar-refractivity contribution in [3.63, 3.8) is 0 Å². The van der Waals surface area contributed by atoms with E-state index >= 15 is 0 Å². The average Bonchev–Trinajstić information content (AvgIpc) is 2.60. The van der Waals surface area contributed by atoms with Crippen LogP contribution in [0.25, 0.3) is 0 Å². The Morgan fingerprint density at radius 3 is 2.67 bits per heavy atom. The maximum atomic E-state index is 12.5. The normalized spacial score (nSPS) is 20.2. The minimum absolute atomic E-state index is 0.0230. The molecule has 2 saturated heterocycles. The molecule has 2 fully saturated rings. The molecule has 2 amide bonds. The van der Waals surface area contributed by atoms with Gasteiger partial charge in [-0.15, -0.1) is 0 Å². The molecule has 0 spiro atoms. The molecule has 2 aliphatic heterocycles. The Kier molecular flexibility index (Phi) is 5.98. The van der Waals surface area contributed by atoms with Gasteiger partial charge in [0, 0.05) is 43.4 Å². The van der Waals surface area contributed by atoms with Crippen LogP contribution >= 0.6 is 11.6 Å². The minimum Gasteiger partial charge on any atom is -0.379 e. The number of nitrogens with zero attached hydrogens (tertiary/aromatic N) is 2. The first kappa shape index (κ1) is 17.5. The van der Waals surface area contributed by atoms with E-state index < -0.39 is 0 Å². The number of anilines is 1. The van der Waals surface area contributed by atoms with Gasteiger partial charge in [-0.25, -0.2) is 4.79 Å². The fourth-order valence-electron chi connectivity index (χ4n) is 3.39. The summed E-state index contributed by atoms with van der Waals surface area (Å²) in [7, 11) is 0. The molecule has 0 atom stereocenters. The zero-order valence-electron chi connectivity index (χ0n) is 14.3. The van der Waals surface area contributed by atoms with Crippen LogP contribution in [0, 0.1) is 12.8 Å². The van der Waals surface area contributed by atoms with Gasteiger partial charge in [0.1, 0.15) is 0 Å². The summed E-state index contributed by atoms with van der Waals surface area (Å²) in [5.41, 5.74) is 1.82. The zero-order valence-corrected chi connectivity index (χ0v) is 15.0. The number of urea groups is 1. The van der Waals surface area contributed by atoms with Crippen LogP contribution < -0.4 is 5.32 Å². The third kappa shape index (κ3) is 4.62. The van der Waals surface area contributed by atoms with E-state index in [-0.39, 0.29) is 6.03 Å². The molecule has 0 radical (unpaired) electrons. The number of carbonyl (C=O) groups excluding carboxylic acids is 1. The fraction of sp³-hybridized carbons (Fsp3) is 0.611. The number of morpholine rings is 1. The van der Waals surface area contributed by atoms with Crippen LogP contribution in [-0.2, 0) is 4.74 Å². The third-order valence-corrected chi connectivity index (χ3v) is 5.20. The third-order valence-electron chi connectivity index (χ3n) is 4.96. The SMILES string of the molecule is Cc1ccc(Cl)cc1NC(=O)N1CCC(CN2CCOCC2)CC1. The Balaban J connectivity index is 1.47. The Hall–Kier alpha value is -1.30. The minimum atomic E-state index is -0.0230. The summed E-state index contributed by atoms with van der Waals surface area (Å²) < 4.78 is 5.40. The number of nitrogens with one attached hydrogen (secondary N) is 1. The average molecular weight is 352 g/mol. The van der Waals surface area contributed by atoms with E-state index in [0.29, 0.717) is 10.9 Å². The summed E-state index contributed by atoms with van der Waals surface area (Å²) in [6.45, 7) is 8.51. The smallest absolute Gasteiger partial charge is 0.321 e. The van der Waals surface area contributed by atoms with Gasteiger partial charge in [-0.05, 0) is 43.4 Å². The number of carbonyl (C=O) groups is 1. The van der Waals surface area contributed by atoms with Gasteiger partial charge in [-0.1, -0.05) is 17.7 Å². The molecule has 132 valence electrons. The molecule has 6 heteroatoms. The molecule has 0 saturated carbocycles. The molecule has 5 nitrogen and oxygen atoms in total. The Labute approximate surface area is 148 Å². The van der Waals surface area contributed by atoms with Gasteiger partial charge in [0.15, 0.2) is 0 Å². The van der Waals surface area contributed by atoms with E-state index in [9.17, 15) is 4.79 Å². The topological polar surface area (TPSA) is 44.8 Å². The first-order chi connectivity index (χ1) is 11.6. The summed E-state index contributed by atoms with van der Waals surface area (Å²) in [6.07, 6.45) is 2.14. The molecule has 24 heavy (non-hydrogen) atoms. The number of piperidine rings is 1. The molecule has 1 aromatic carbocycles.